The van der Waals surface area contributed by atoms with Crippen LogP contribution in [-0.2, 0) is 13.0 Å². The molecule has 0 amide bonds. The maximum atomic E-state index is 4.30. The molecule has 6 heteroatoms. The van der Waals surface area contributed by atoms with Gasteiger partial charge >= 0.3 is 0 Å². The van der Waals surface area contributed by atoms with Gasteiger partial charge in [0.25, 0.3) is 0 Å². The summed E-state index contributed by atoms with van der Waals surface area (Å²) in [6.45, 7) is 0.876. The number of nitrogens with one attached hydrogen (secondary N) is 2. The van der Waals surface area contributed by atoms with Crippen molar-refractivity contribution < 1.29 is 0 Å². The van der Waals surface area contributed by atoms with Crippen molar-refractivity contribution in [1.82, 2.24) is 25.4 Å². The zero-order chi connectivity index (χ0) is 12.4. The molecule has 0 saturated heterocycles. The second kappa shape index (κ2) is 4.96. The largest absolute Gasteiger partial charge is 0.354 e. The van der Waals surface area contributed by atoms with Crippen LogP contribution in [0.2, 0.25) is 0 Å². The van der Waals surface area contributed by atoms with Gasteiger partial charge in [-0.1, -0.05) is 0 Å². The minimum atomic E-state index is 0.394. The minimum absolute atomic E-state index is 0.394. The number of hydrogen-bond acceptors (Lipinski definition) is 3. The van der Waals surface area contributed by atoms with Crippen molar-refractivity contribution in [3.63, 3.8) is 0 Å². The average molecular weight is 248 g/mol. The third-order valence-corrected chi connectivity index (χ3v) is 3.82. The van der Waals surface area contributed by atoms with Crippen LogP contribution in [0.25, 0.3) is 0 Å². The van der Waals surface area contributed by atoms with Gasteiger partial charge in [0.1, 0.15) is 12.2 Å². The molecule has 1 aliphatic carbocycles. The first kappa shape index (κ1) is 11.5. The molecule has 18 heavy (non-hydrogen) atoms. The number of guanidine groups is 1. The van der Waals surface area contributed by atoms with Gasteiger partial charge in [-0.2, -0.15) is 5.10 Å². The lowest BCUT2D eigenvalue weighted by Gasteiger charge is -2.31. The molecule has 2 N–H and O–H groups in total. The third-order valence-electron chi connectivity index (χ3n) is 3.82. The van der Waals surface area contributed by atoms with Gasteiger partial charge in [0.2, 0.25) is 0 Å². The first-order valence-electron chi connectivity index (χ1n) is 6.71. The van der Waals surface area contributed by atoms with Gasteiger partial charge in [-0.15, -0.1) is 0 Å². The van der Waals surface area contributed by atoms with Gasteiger partial charge in [0.15, 0.2) is 5.96 Å². The lowest BCUT2D eigenvalue weighted by molar-refractivity contribution is 0.363. The van der Waals surface area contributed by atoms with Gasteiger partial charge in [0, 0.05) is 25.6 Å². The fourth-order valence-electron chi connectivity index (χ4n) is 2.47. The van der Waals surface area contributed by atoms with E-state index >= 15 is 0 Å². The van der Waals surface area contributed by atoms with E-state index in [2.05, 4.69) is 25.7 Å². The standard InChI is InChI=1S/C12H20N6/c1-13-12(16-9-3-2-4-9)17-10-5-6-11-14-8-15-18(11)7-10/h8-10H,2-7H2,1H3,(H2,13,16,17). The maximum Gasteiger partial charge on any atom is 0.191 e. The SMILES string of the molecule is CN=C(NC1CCC1)NC1CCc2ncnn2C1. The zero-order valence-electron chi connectivity index (χ0n) is 10.8. The Hall–Kier alpha value is -1.59. The second-order valence-electron chi connectivity index (χ2n) is 5.08. The minimum Gasteiger partial charge on any atom is -0.354 e. The fourth-order valence-corrected chi connectivity index (χ4v) is 2.47. The lowest BCUT2D eigenvalue weighted by atomic mass is 9.93. The van der Waals surface area contributed by atoms with Gasteiger partial charge in [-0.25, -0.2) is 9.67 Å². The Kier molecular flexibility index (Phi) is 3.17. The predicted molar refractivity (Wildman–Crippen MR) is 69.4 cm³/mol. The molecule has 0 bridgehead atoms. The highest BCUT2D eigenvalue weighted by Crippen LogP contribution is 2.18. The molecule has 1 unspecified atom stereocenters. The summed E-state index contributed by atoms with van der Waals surface area (Å²) in [5.74, 6) is 2.02. The van der Waals surface area contributed by atoms with Crippen LogP contribution < -0.4 is 10.6 Å². The van der Waals surface area contributed by atoms with Crippen molar-refractivity contribution in [3.05, 3.63) is 12.2 Å². The Balaban J connectivity index is 1.56. The van der Waals surface area contributed by atoms with Crippen LogP contribution in [0.4, 0.5) is 0 Å². The van der Waals surface area contributed by atoms with Crippen LogP contribution in [-0.4, -0.2) is 39.9 Å². The smallest absolute Gasteiger partial charge is 0.191 e. The number of nitrogens with zero attached hydrogens (tertiary/aromatic N) is 4. The third kappa shape index (κ3) is 2.32. The van der Waals surface area contributed by atoms with E-state index in [1.54, 1.807) is 6.33 Å². The van der Waals surface area contributed by atoms with Crippen molar-refractivity contribution in [3.8, 4) is 0 Å². The molecule has 1 fully saturated rings. The summed E-state index contributed by atoms with van der Waals surface area (Å²) in [6.07, 6.45) is 7.57. The molecule has 6 nitrogen and oxygen atoms in total. The van der Waals surface area contributed by atoms with Gasteiger partial charge < -0.3 is 10.6 Å². The highest BCUT2D eigenvalue weighted by atomic mass is 15.4. The highest BCUT2D eigenvalue weighted by Gasteiger charge is 2.23. The predicted octanol–water partition coefficient (Wildman–Crippen LogP) is 0.310. The molecule has 1 aromatic heterocycles. The summed E-state index contributed by atoms with van der Waals surface area (Å²) in [5, 5.41) is 11.2. The molecule has 1 aliphatic heterocycles. The van der Waals surface area contributed by atoms with Crippen LogP contribution in [0.3, 0.4) is 0 Å². The molecule has 2 heterocycles. The van der Waals surface area contributed by atoms with Crippen LogP contribution in [0.5, 0.6) is 0 Å². The summed E-state index contributed by atoms with van der Waals surface area (Å²) in [5.41, 5.74) is 0. The summed E-state index contributed by atoms with van der Waals surface area (Å²) in [7, 11) is 1.83. The van der Waals surface area contributed by atoms with Crippen molar-refractivity contribution in [2.24, 2.45) is 4.99 Å². The molecule has 1 atom stereocenters. The Labute approximate surface area is 107 Å². The number of aryl methyl sites for hydroxylation is 1. The normalized spacial score (nSPS) is 24.3. The lowest BCUT2D eigenvalue weighted by Crippen LogP contribution is -2.51. The van der Waals surface area contributed by atoms with Crippen molar-refractivity contribution in [2.45, 2.75) is 50.7 Å². The van der Waals surface area contributed by atoms with Crippen LogP contribution in [0.1, 0.15) is 31.5 Å². The molecule has 0 aromatic carbocycles. The summed E-state index contributed by atoms with van der Waals surface area (Å²) in [4.78, 5) is 8.54. The molecule has 0 radical (unpaired) electrons. The molecule has 2 aliphatic rings. The van der Waals surface area contributed by atoms with E-state index in [-0.39, 0.29) is 0 Å². The van der Waals surface area contributed by atoms with E-state index in [4.69, 9.17) is 0 Å². The van der Waals surface area contributed by atoms with Crippen LogP contribution >= 0.6 is 0 Å². The topological polar surface area (TPSA) is 67.1 Å². The number of hydrogen-bond donors (Lipinski definition) is 2. The Morgan fingerprint density at radius 2 is 2.17 bits per heavy atom. The van der Waals surface area contributed by atoms with E-state index in [1.165, 1.54) is 19.3 Å². The highest BCUT2D eigenvalue weighted by molar-refractivity contribution is 5.80. The van der Waals surface area contributed by atoms with E-state index in [1.807, 2.05) is 11.7 Å². The number of aliphatic imine (C=N–C) groups is 1. The first-order chi connectivity index (χ1) is 8.85. The van der Waals surface area contributed by atoms with Crippen LogP contribution in [0.15, 0.2) is 11.3 Å². The van der Waals surface area contributed by atoms with Gasteiger partial charge in [0.05, 0.1) is 6.54 Å². The van der Waals surface area contributed by atoms with Gasteiger partial charge in [-0.3, -0.25) is 4.99 Å². The number of aromatic nitrogens is 3. The Morgan fingerprint density at radius 3 is 2.89 bits per heavy atom. The van der Waals surface area contributed by atoms with E-state index < -0.39 is 0 Å². The summed E-state index contributed by atoms with van der Waals surface area (Å²) < 4.78 is 1.98. The summed E-state index contributed by atoms with van der Waals surface area (Å²) >= 11 is 0. The molecule has 1 saturated carbocycles. The number of fused-ring (bicyclic) bond motifs is 1. The quantitative estimate of drug-likeness (QED) is 0.584. The average Bonchev–Trinajstić information content (AvgIpc) is 2.79. The first-order valence-corrected chi connectivity index (χ1v) is 6.71. The van der Waals surface area contributed by atoms with E-state index in [9.17, 15) is 0 Å². The molecule has 1 aromatic rings. The Morgan fingerprint density at radius 1 is 1.33 bits per heavy atom. The molecule has 0 spiro atoms. The number of rotatable bonds is 2. The fraction of sp³-hybridized carbons (Fsp3) is 0.750. The van der Waals surface area contributed by atoms with E-state index in [0.29, 0.717) is 12.1 Å². The second-order valence-corrected chi connectivity index (χ2v) is 5.08. The zero-order valence-corrected chi connectivity index (χ0v) is 10.8. The van der Waals surface area contributed by atoms with E-state index in [0.717, 1.165) is 31.2 Å². The monoisotopic (exact) mass is 248 g/mol. The van der Waals surface area contributed by atoms with Crippen molar-refractivity contribution in [2.75, 3.05) is 7.05 Å². The molecule has 3 rings (SSSR count). The summed E-state index contributed by atoms with van der Waals surface area (Å²) in [6, 6.07) is 1.01. The maximum absolute atomic E-state index is 4.30. The van der Waals surface area contributed by atoms with Gasteiger partial charge in [-0.05, 0) is 25.7 Å². The Bertz CT molecular complexity index is 434. The molecular weight excluding hydrogens is 228 g/mol. The molecule has 98 valence electrons. The van der Waals surface area contributed by atoms with Crippen molar-refractivity contribution in [1.29, 1.82) is 0 Å². The van der Waals surface area contributed by atoms with Crippen LogP contribution in [0, 0.1) is 0 Å². The molecular formula is C12H20N6. The van der Waals surface area contributed by atoms with Crippen molar-refractivity contribution >= 4 is 5.96 Å².